The predicted octanol–water partition coefficient (Wildman–Crippen LogP) is 5.34. The van der Waals surface area contributed by atoms with Crippen molar-refractivity contribution in [3.63, 3.8) is 0 Å². The lowest BCUT2D eigenvalue weighted by Crippen LogP contribution is -2.35. The minimum absolute atomic E-state index is 0.00639. The van der Waals surface area contributed by atoms with E-state index >= 15 is 0 Å². The van der Waals surface area contributed by atoms with Crippen LogP contribution in [0.3, 0.4) is 0 Å². The van der Waals surface area contributed by atoms with Crippen LogP contribution in [0.25, 0.3) is 21.5 Å². The summed E-state index contributed by atoms with van der Waals surface area (Å²) in [5.41, 5.74) is 4.02. The van der Waals surface area contributed by atoms with E-state index in [1.165, 1.54) is 36.4 Å². The van der Waals surface area contributed by atoms with E-state index in [1.54, 1.807) is 0 Å². The van der Waals surface area contributed by atoms with Crippen LogP contribution in [0.15, 0.2) is 139 Å². The number of anilines is 6. The van der Waals surface area contributed by atoms with Crippen molar-refractivity contribution in [3.05, 3.63) is 111 Å². The number of carboxylic acid groups (broad SMARTS) is 1. The lowest BCUT2D eigenvalue weighted by atomic mass is 10.1. The molecular weight excluding hydrogens is 1270 g/mol. The number of nitrogens with zero attached hydrogens (tertiary/aromatic N) is 8. The molecule has 0 radical (unpaired) electrons. The topological polar surface area (TPSA) is 591 Å². The molecule has 454 valence electrons. The number of hydrogen-bond donors (Lipinski definition) is 16. The number of phenolic OH excluding ortho intramolecular Hbond substituents is 2. The van der Waals surface area contributed by atoms with E-state index in [0.29, 0.717) is 12.0 Å². The van der Waals surface area contributed by atoms with Gasteiger partial charge in [0.15, 0.2) is 11.5 Å². The maximum Gasteiger partial charge on any atom is 0.351 e. The lowest BCUT2D eigenvalue weighted by Gasteiger charge is -2.15. The normalized spacial score (nSPS) is 12.0. The van der Waals surface area contributed by atoms with Crippen molar-refractivity contribution < 1.29 is 97.9 Å². The van der Waals surface area contributed by atoms with Crippen molar-refractivity contribution in [2.45, 2.75) is 37.3 Å². The molecule has 0 aliphatic heterocycles. The van der Waals surface area contributed by atoms with Gasteiger partial charge in [-0.15, -0.1) is 24.0 Å². The van der Waals surface area contributed by atoms with Gasteiger partial charge in [-0.2, -0.15) is 50.3 Å². The van der Waals surface area contributed by atoms with Gasteiger partial charge in [0.2, 0.25) is 35.6 Å². The highest BCUT2D eigenvalue weighted by Crippen LogP contribution is 2.49. The van der Waals surface area contributed by atoms with Gasteiger partial charge < -0.3 is 26.0 Å². The van der Waals surface area contributed by atoms with Crippen LogP contribution >= 0.6 is 24.1 Å². The van der Waals surface area contributed by atoms with Crippen LogP contribution < -0.4 is 43.7 Å². The number of H-pyrrole nitrogens is 2. The smallest absolute Gasteiger partial charge is 0.351 e. The van der Waals surface area contributed by atoms with Gasteiger partial charge in [-0.25, -0.2) is 24.9 Å². The summed E-state index contributed by atoms with van der Waals surface area (Å²) in [7, 11) is -14.9. The average molecular weight is 1300 g/mol. The number of fused-ring (bicyclic) bond motifs is 2. The molecule has 0 atom stereocenters. The molecule has 0 fully saturated rings. The van der Waals surface area contributed by atoms with E-state index in [-0.39, 0.29) is 66.0 Å². The molecule has 2 aromatic heterocycles. The minimum atomic E-state index is -5.22. The highest BCUT2D eigenvalue weighted by molar-refractivity contribution is 7.95. The minimum Gasteiger partial charge on any atom is -0.505 e. The van der Waals surface area contributed by atoms with Crippen molar-refractivity contribution >= 4 is 152 Å². The number of aromatic carboxylic acids is 1. The van der Waals surface area contributed by atoms with Gasteiger partial charge in [-0.3, -0.25) is 54.9 Å². The second-order valence-corrected chi connectivity index (χ2v) is 22.4. The number of azo groups is 2. The molecule has 0 saturated heterocycles. The molecule has 0 saturated carbocycles. The highest BCUT2D eigenvalue weighted by atomic mass is 32.2. The first-order valence-electron chi connectivity index (χ1n) is 22.9. The Bertz CT molecular complexity index is 4600. The number of carbonyl (C=O) groups is 3. The highest BCUT2D eigenvalue weighted by Gasteiger charge is 2.26. The lowest BCUT2D eigenvalue weighted by molar-refractivity contribution is -0.432. The number of aromatic amines is 2. The second kappa shape index (κ2) is 26.5. The molecule has 6 aromatic carbocycles. The van der Waals surface area contributed by atoms with E-state index in [0.717, 1.165) is 48.5 Å². The third-order valence-electron chi connectivity index (χ3n) is 10.9. The average Bonchev–Trinajstić information content (AvgIpc) is 1.12. The SMILES string of the molecule is O=C(CCC(=O)NNc1nc(Nc2cc(SOOO)cc3cc(S(=O)(=O)O)c(N=Nc4ccc(S(=O)(=O)O)cc4)c(O)c23)nc(=O)[nH]1)NNc1nc(Nc2cc(S(=O)(=O)O)cc3cc(SOOO)c(N=Nc4ccccc4C(=O)O)c(O)c23)nc(=O)[nH]1. The number of carbonyl (C=O) groups excluding carboxylic acids is 2. The Balaban J connectivity index is 0.961. The summed E-state index contributed by atoms with van der Waals surface area (Å²) in [6.07, 6.45) is -1.17. The fourth-order valence-electron chi connectivity index (χ4n) is 7.36. The number of aromatic hydroxyl groups is 2. The largest absolute Gasteiger partial charge is 0.505 e. The Labute approximate surface area is 490 Å². The third kappa shape index (κ3) is 15.9. The van der Waals surface area contributed by atoms with Gasteiger partial charge in [0.25, 0.3) is 30.4 Å². The van der Waals surface area contributed by atoms with Crippen molar-refractivity contribution in [1.82, 2.24) is 40.8 Å². The Morgan fingerprint density at radius 1 is 0.586 bits per heavy atom. The Hall–Kier alpha value is -9.94. The van der Waals surface area contributed by atoms with Crippen LogP contribution in [-0.4, -0.2) is 112 Å². The summed E-state index contributed by atoms with van der Waals surface area (Å²) < 4.78 is 111. The van der Waals surface area contributed by atoms with Crippen molar-refractivity contribution in [2.24, 2.45) is 20.5 Å². The molecule has 44 heteroatoms. The molecule has 2 heterocycles. The predicted molar refractivity (Wildman–Crippen MR) is 295 cm³/mol. The number of benzene rings is 6. The molecule has 8 rings (SSSR count). The Morgan fingerprint density at radius 2 is 1.11 bits per heavy atom. The number of nitrogens with one attached hydrogen (secondary N) is 8. The zero-order valence-electron chi connectivity index (χ0n) is 42.3. The molecule has 2 amide bonds. The summed E-state index contributed by atoms with van der Waals surface area (Å²) in [6.45, 7) is 0. The maximum atomic E-state index is 12.9. The van der Waals surface area contributed by atoms with Crippen LogP contribution in [0.2, 0.25) is 0 Å². The zero-order valence-corrected chi connectivity index (χ0v) is 46.4. The van der Waals surface area contributed by atoms with E-state index in [4.69, 9.17) is 10.5 Å². The summed E-state index contributed by atoms with van der Waals surface area (Å²) in [5, 5.41) is 77.3. The first-order chi connectivity index (χ1) is 41.2. The van der Waals surface area contributed by atoms with Gasteiger partial charge >= 0.3 is 17.3 Å². The maximum absolute atomic E-state index is 12.9. The van der Waals surface area contributed by atoms with Gasteiger partial charge in [0.1, 0.15) is 22.0 Å². The molecule has 0 bridgehead atoms. The van der Waals surface area contributed by atoms with E-state index in [1.807, 2.05) is 0 Å². The Kier molecular flexibility index (Phi) is 19.2. The standard InChI is InChI=1S/C43H34N16O23S5/c60-29(54-58-40-46-38(48-42(66)50-40)44-25-15-20(83-81-79-68)11-17-14-28(87(76,77)78)34(36(63)31(17)25)57-52-19-5-7-21(8-6-19)85(70,71)72)9-10-30(61)55-59-41-47-39(49-43(67)51-41)45-26-16-22(86(73,74)75)12-18-13-27(84-82-80-69)33(35(62)32(18)26)56-53-24-4-2-1-3-23(24)37(64)65/h1-8,11-16,62-63,68-69H,9-10H2,(H,54,60)(H,55,61)(H,64,65)(H,70,71,72)(H,73,74,75)(H,76,77,78)(H3,44,46,48,50,58,66)(H3,45,47,49,51,59,67). The summed E-state index contributed by atoms with van der Waals surface area (Å²) in [4.78, 5) is 80.1. The molecule has 0 aliphatic rings. The Morgan fingerprint density at radius 3 is 1.67 bits per heavy atom. The molecule has 8 aromatic rings. The van der Waals surface area contributed by atoms with Crippen molar-refractivity contribution in [3.8, 4) is 11.5 Å². The zero-order chi connectivity index (χ0) is 63.0. The quantitative estimate of drug-likeness (QED) is 0.0113. The van der Waals surface area contributed by atoms with Gasteiger partial charge in [-0.05, 0) is 83.6 Å². The van der Waals surface area contributed by atoms with Crippen LogP contribution in [0, 0.1) is 0 Å². The summed E-state index contributed by atoms with van der Waals surface area (Å²) >= 11 is 0.568. The number of hydrazine groups is 2. The molecule has 0 aliphatic carbocycles. The third-order valence-corrected chi connectivity index (χ3v) is 14.7. The first kappa shape index (κ1) is 63.1. The molecule has 39 nitrogen and oxygen atoms in total. The number of amides is 2. The summed E-state index contributed by atoms with van der Waals surface area (Å²) in [6, 6.07) is 15.4. The molecular formula is C43H34N16O23S5. The number of rotatable bonds is 25. The number of hydrogen-bond acceptors (Lipinski definition) is 33. The van der Waals surface area contributed by atoms with E-state index < -0.39 is 139 Å². The number of aromatic nitrogens is 6. The second-order valence-electron chi connectivity index (χ2n) is 16.6. The number of phenols is 2. The van der Waals surface area contributed by atoms with Crippen LogP contribution in [-0.2, 0) is 58.7 Å². The fourth-order valence-corrected chi connectivity index (χ4v) is 9.99. The van der Waals surface area contributed by atoms with E-state index in [2.05, 4.69) is 101 Å². The van der Waals surface area contributed by atoms with Crippen LogP contribution in [0.5, 0.6) is 11.5 Å². The van der Waals surface area contributed by atoms with Crippen LogP contribution in [0.1, 0.15) is 23.2 Å². The van der Waals surface area contributed by atoms with Crippen LogP contribution in [0.4, 0.5) is 57.9 Å². The van der Waals surface area contributed by atoms with Crippen molar-refractivity contribution in [2.75, 3.05) is 21.5 Å². The monoisotopic (exact) mass is 1300 g/mol. The molecule has 0 unspecified atom stereocenters. The van der Waals surface area contributed by atoms with Crippen molar-refractivity contribution in [1.29, 1.82) is 0 Å². The fraction of sp³-hybridized carbons (Fsp3) is 0.0465. The van der Waals surface area contributed by atoms with Gasteiger partial charge in [0, 0.05) is 28.5 Å². The summed E-state index contributed by atoms with van der Waals surface area (Å²) in [5.74, 6) is -7.23. The molecule has 16 N–H and O–H groups in total. The molecule has 87 heavy (non-hydrogen) atoms. The first-order valence-corrected chi connectivity index (χ1v) is 28.7. The van der Waals surface area contributed by atoms with E-state index in [9.17, 15) is 78.2 Å². The molecule has 0 spiro atoms. The number of carboxylic acids is 1. The van der Waals surface area contributed by atoms with Gasteiger partial charge in [-0.1, -0.05) is 22.2 Å². The van der Waals surface area contributed by atoms with Gasteiger partial charge in [0.05, 0.1) is 61.4 Å².